The van der Waals surface area contributed by atoms with Gasteiger partial charge in [-0.25, -0.2) is 4.79 Å². The van der Waals surface area contributed by atoms with E-state index >= 15 is 0 Å². The molecule has 34 heavy (non-hydrogen) atoms. The Hall–Kier alpha value is -1.39. The molecule has 1 aliphatic heterocycles. The Balaban J connectivity index is 1.46. The van der Waals surface area contributed by atoms with Crippen LogP contribution in [0.2, 0.25) is 0 Å². The molecule has 0 aromatic carbocycles. The number of hydrogen-bond donors (Lipinski definition) is 2. The van der Waals surface area contributed by atoms with Crippen molar-refractivity contribution in [1.29, 1.82) is 0 Å². The van der Waals surface area contributed by atoms with E-state index in [1.165, 1.54) is 5.57 Å². The lowest BCUT2D eigenvalue weighted by Gasteiger charge is -2.61. The molecule has 0 bridgehead atoms. The molecule has 2 N–H and O–H groups in total. The van der Waals surface area contributed by atoms with Gasteiger partial charge >= 0.3 is 5.97 Å². The number of aliphatic hydroxyl groups is 2. The van der Waals surface area contributed by atoms with Crippen LogP contribution in [0.15, 0.2) is 34.9 Å². The van der Waals surface area contributed by atoms with Crippen LogP contribution < -0.4 is 0 Å². The summed E-state index contributed by atoms with van der Waals surface area (Å²) in [5.41, 5.74) is 3.84. The van der Waals surface area contributed by atoms with Crippen LogP contribution in [0.3, 0.4) is 0 Å². The third kappa shape index (κ3) is 3.13. The largest absolute Gasteiger partial charge is 0.426 e. The van der Waals surface area contributed by atoms with Gasteiger partial charge in [0, 0.05) is 17.4 Å². The molecule has 2 fully saturated rings. The van der Waals surface area contributed by atoms with E-state index in [0.29, 0.717) is 23.8 Å². The Bertz CT molecular complexity index is 1000. The Morgan fingerprint density at radius 1 is 1.09 bits per heavy atom. The van der Waals surface area contributed by atoms with E-state index in [0.717, 1.165) is 38.5 Å². The monoisotopic (exact) mass is 468 g/mol. The zero-order valence-electron chi connectivity index (χ0n) is 22.2. The molecule has 5 rings (SSSR count). The molecule has 0 aromatic rings. The van der Waals surface area contributed by atoms with Gasteiger partial charge in [0.05, 0.1) is 6.10 Å². The number of ether oxygens (including phenoxy) is 1. The van der Waals surface area contributed by atoms with Crippen LogP contribution in [-0.2, 0) is 9.53 Å². The zero-order chi connectivity index (χ0) is 24.9. The quantitative estimate of drug-likeness (QED) is 0.388. The van der Waals surface area contributed by atoms with E-state index in [9.17, 15) is 15.0 Å². The molecule has 8 atom stereocenters. The van der Waals surface area contributed by atoms with Gasteiger partial charge < -0.3 is 14.9 Å². The van der Waals surface area contributed by atoms with Gasteiger partial charge in [0.1, 0.15) is 0 Å². The molecule has 0 spiro atoms. The first-order chi connectivity index (χ1) is 15.7. The van der Waals surface area contributed by atoms with Crippen molar-refractivity contribution in [2.75, 3.05) is 0 Å². The highest BCUT2D eigenvalue weighted by Crippen LogP contribution is 2.70. The van der Waals surface area contributed by atoms with Crippen LogP contribution >= 0.6 is 0 Å². The Morgan fingerprint density at radius 2 is 1.79 bits per heavy atom. The van der Waals surface area contributed by atoms with Crippen LogP contribution in [-0.4, -0.2) is 28.1 Å². The van der Waals surface area contributed by atoms with Crippen LogP contribution in [0.25, 0.3) is 0 Å². The van der Waals surface area contributed by atoms with Gasteiger partial charge in [-0.2, -0.15) is 0 Å². The molecular formula is C30H44O4. The topological polar surface area (TPSA) is 66.8 Å². The van der Waals surface area contributed by atoms with Crippen molar-refractivity contribution in [3.63, 3.8) is 0 Å². The van der Waals surface area contributed by atoms with Crippen molar-refractivity contribution in [3.8, 4) is 0 Å². The van der Waals surface area contributed by atoms with Crippen molar-refractivity contribution in [1.82, 2.24) is 0 Å². The smallest absolute Gasteiger partial charge is 0.336 e. The normalized spacial score (nSPS) is 48.1. The zero-order valence-corrected chi connectivity index (χ0v) is 22.2. The van der Waals surface area contributed by atoms with Crippen LogP contribution in [0, 0.1) is 39.4 Å². The maximum Gasteiger partial charge on any atom is 0.336 e. The van der Waals surface area contributed by atoms with Crippen LogP contribution in [0.5, 0.6) is 0 Å². The number of rotatable bonds is 3. The maximum atomic E-state index is 11.9. The fraction of sp³-hybridized carbons (Fsp3) is 0.767. The summed E-state index contributed by atoms with van der Waals surface area (Å²) in [6.07, 6.45) is 13.2. The first-order valence-corrected chi connectivity index (χ1v) is 13.4. The second kappa shape index (κ2) is 7.32. The summed E-state index contributed by atoms with van der Waals surface area (Å²) in [5.74, 6) is -0.682. The molecule has 2 saturated carbocycles. The molecule has 8 unspecified atom stereocenters. The van der Waals surface area contributed by atoms with Gasteiger partial charge in [-0.15, -0.1) is 0 Å². The van der Waals surface area contributed by atoms with Crippen molar-refractivity contribution >= 4 is 5.97 Å². The summed E-state index contributed by atoms with van der Waals surface area (Å²) in [4.78, 5) is 11.9. The molecular weight excluding hydrogens is 424 g/mol. The summed E-state index contributed by atoms with van der Waals surface area (Å²) < 4.78 is 5.36. The molecule has 188 valence electrons. The highest BCUT2D eigenvalue weighted by Gasteiger charge is 2.61. The average molecular weight is 469 g/mol. The van der Waals surface area contributed by atoms with Gasteiger partial charge in [-0.3, -0.25) is 0 Å². The molecule has 0 amide bonds. The van der Waals surface area contributed by atoms with Gasteiger partial charge in [-0.1, -0.05) is 64.8 Å². The van der Waals surface area contributed by atoms with E-state index in [4.69, 9.17) is 4.74 Å². The first-order valence-electron chi connectivity index (χ1n) is 13.4. The number of carbonyl (C=O) groups is 1. The fourth-order valence-corrected chi connectivity index (χ4v) is 9.16. The lowest BCUT2D eigenvalue weighted by Crippen LogP contribution is -2.55. The number of fused-ring (bicyclic) bond motifs is 5. The molecule has 0 radical (unpaired) electrons. The molecule has 0 aromatic heterocycles. The number of hydrogen-bond acceptors (Lipinski definition) is 4. The first kappa shape index (κ1) is 24.3. The van der Waals surface area contributed by atoms with Crippen molar-refractivity contribution in [3.05, 3.63) is 34.9 Å². The molecule has 4 nitrogen and oxygen atoms in total. The number of carbonyl (C=O) groups excluding carboxylic acids is 1. The SMILES string of the molecule is CC1=CC(O)(CC(C)C2(C)CCC3(C)C4=CCC5C(C)(C)C(O)CCC5(C)C4CC=C32)OC1=O. The van der Waals surface area contributed by atoms with Crippen LogP contribution in [0.4, 0.5) is 0 Å². The van der Waals surface area contributed by atoms with E-state index in [1.54, 1.807) is 18.6 Å². The van der Waals surface area contributed by atoms with Crippen molar-refractivity contribution in [2.45, 2.75) is 105 Å². The van der Waals surface area contributed by atoms with Crippen LogP contribution in [0.1, 0.15) is 93.4 Å². The van der Waals surface area contributed by atoms with E-state index in [2.05, 4.69) is 53.7 Å². The number of allylic oxidation sites excluding steroid dienone is 4. The summed E-state index contributed by atoms with van der Waals surface area (Å²) in [6.45, 7) is 15.8. The summed E-state index contributed by atoms with van der Waals surface area (Å²) in [6, 6.07) is 0. The minimum atomic E-state index is -1.49. The second-order valence-electron chi connectivity index (χ2n) is 13.7. The Labute approximate surface area is 205 Å². The summed E-state index contributed by atoms with van der Waals surface area (Å²) >= 11 is 0. The number of cyclic esters (lactones) is 1. The highest BCUT2D eigenvalue weighted by atomic mass is 16.7. The molecule has 0 saturated heterocycles. The molecule has 1 heterocycles. The highest BCUT2D eigenvalue weighted by molar-refractivity contribution is 5.90. The average Bonchev–Trinajstić information content (AvgIpc) is 3.17. The van der Waals surface area contributed by atoms with Gasteiger partial charge in [0.25, 0.3) is 0 Å². The fourth-order valence-electron chi connectivity index (χ4n) is 9.16. The lowest BCUT2D eigenvalue weighted by atomic mass is 9.44. The summed E-state index contributed by atoms with van der Waals surface area (Å²) in [5, 5.41) is 21.8. The van der Waals surface area contributed by atoms with Crippen molar-refractivity contribution in [2.24, 2.45) is 39.4 Å². The third-order valence-corrected chi connectivity index (χ3v) is 11.5. The number of esters is 1. The third-order valence-electron chi connectivity index (χ3n) is 11.5. The van der Waals surface area contributed by atoms with Gasteiger partial charge in [-0.05, 0) is 85.5 Å². The lowest BCUT2D eigenvalue weighted by molar-refractivity contribution is -0.185. The van der Waals surface area contributed by atoms with E-state index in [-0.39, 0.29) is 33.7 Å². The second-order valence-corrected chi connectivity index (χ2v) is 13.7. The minimum Gasteiger partial charge on any atom is -0.426 e. The Morgan fingerprint density at radius 3 is 2.44 bits per heavy atom. The molecule has 4 aliphatic carbocycles. The predicted octanol–water partition coefficient (Wildman–Crippen LogP) is 6.09. The van der Waals surface area contributed by atoms with Crippen molar-refractivity contribution < 1.29 is 19.7 Å². The maximum absolute atomic E-state index is 11.9. The minimum absolute atomic E-state index is 0.0349. The standard InChI is InChI=1S/C30H44O4/c1-18-16-30(33,34-25(18)32)17-19(2)27(5)14-15-29(7)21-8-10-22-26(3,4)24(31)12-13-28(22,6)20(21)9-11-23(27)29/h8,11,16,19-20,22,24,31,33H,9-10,12-15,17H2,1-7H3. The predicted molar refractivity (Wildman–Crippen MR) is 134 cm³/mol. The molecule has 5 aliphatic rings. The van der Waals surface area contributed by atoms with Gasteiger partial charge in [0.2, 0.25) is 5.79 Å². The van der Waals surface area contributed by atoms with E-state index < -0.39 is 11.8 Å². The van der Waals surface area contributed by atoms with E-state index in [1.807, 2.05) is 0 Å². The molecule has 4 heteroatoms. The van der Waals surface area contributed by atoms with Gasteiger partial charge in [0.15, 0.2) is 0 Å². The summed E-state index contributed by atoms with van der Waals surface area (Å²) in [7, 11) is 0. The number of aliphatic hydroxyl groups excluding tert-OH is 1. The Kier molecular flexibility index (Phi) is 5.23.